The Morgan fingerprint density at radius 1 is 1.23 bits per heavy atom. The van der Waals surface area contributed by atoms with Crippen molar-refractivity contribution < 1.29 is 14.3 Å². The Kier molecular flexibility index (Phi) is 6.07. The Bertz CT molecular complexity index is 740. The summed E-state index contributed by atoms with van der Waals surface area (Å²) in [4.78, 5) is 18.7. The molecule has 0 bridgehead atoms. The standard InChI is InChI=1S/C20H25N3O3/c1-15-4-3-5-18(16(15)2)26-14-20(24)22-13-17-6-7-19(21-12-17)23-8-10-25-11-9-23/h3-7,12H,8-11,13-14H2,1-2H3,(H,22,24). The minimum atomic E-state index is -0.150. The predicted molar refractivity (Wildman–Crippen MR) is 101 cm³/mol. The molecule has 1 aromatic heterocycles. The maximum Gasteiger partial charge on any atom is 0.258 e. The highest BCUT2D eigenvalue weighted by Crippen LogP contribution is 2.20. The summed E-state index contributed by atoms with van der Waals surface area (Å²) in [5.41, 5.74) is 3.17. The first-order valence-electron chi connectivity index (χ1n) is 8.87. The van der Waals surface area contributed by atoms with E-state index in [2.05, 4.69) is 15.2 Å². The van der Waals surface area contributed by atoms with Gasteiger partial charge in [-0.25, -0.2) is 4.98 Å². The first-order chi connectivity index (χ1) is 12.6. The molecule has 1 amide bonds. The zero-order valence-electron chi connectivity index (χ0n) is 15.3. The van der Waals surface area contributed by atoms with Crippen molar-refractivity contribution in [2.75, 3.05) is 37.8 Å². The largest absolute Gasteiger partial charge is 0.483 e. The van der Waals surface area contributed by atoms with E-state index in [0.717, 1.165) is 54.6 Å². The third-order valence-corrected chi connectivity index (χ3v) is 4.55. The summed E-state index contributed by atoms with van der Waals surface area (Å²) < 4.78 is 11.0. The third-order valence-electron chi connectivity index (χ3n) is 4.55. The van der Waals surface area contributed by atoms with Gasteiger partial charge >= 0.3 is 0 Å². The molecule has 1 fully saturated rings. The Balaban J connectivity index is 1.46. The Hall–Kier alpha value is -2.60. The average molecular weight is 355 g/mol. The monoisotopic (exact) mass is 355 g/mol. The molecule has 1 aliphatic rings. The summed E-state index contributed by atoms with van der Waals surface area (Å²) in [5.74, 6) is 1.54. The van der Waals surface area contributed by atoms with E-state index < -0.39 is 0 Å². The fourth-order valence-electron chi connectivity index (χ4n) is 2.78. The van der Waals surface area contributed by atoms with E-state index in [1.165, 1.54) is 0 Å². The number of rotatable bonds is 6. The number of morpholine rings is 1. The number of hydrogen-bond acceptors (Lipinski definition) is 5. The van der Waals surface area contributed by atoms with Crippen molar-refractivity contribution in [3.05, 3.63) is 53.2 Å². The van der Waals surface area contributed by atoms with Crippen LogP contribution in [0.5, 0.6) is 5.75 Å². The van der Waals surface area contributed by atoms with Crippen LogP contribution in [-0.4, -0.2) is 43.8 Å². The normalized spacial score (nSPS) is 14.2. The van der Waals surface area contributed by atoms with Crippen molar-refractivity contribution in [1.29, 1.82) is 0 Å². The molecule has 26 heavy (non-hydrogen) atoms. The molecule has 0 saturated carbocycles. The smallest absolute Gasteiger partial charge is 0.258 e. The van der Waals surface area contributed by atoms with E-state index in [1.54, 1.807) is 6.20 Å². The van der Waals surface area contributed by atoms with Crippen LogP contribution in [0.4, 0.5) is 5.82 Å². The first kappa shape index (κ1) is 18.2. The van der Waals surface area contributed by atoms with Gasteiger partial charge in [-0.15, -0.1) is 0 Å². The summed E-state index contributed by atoms with van der Waals surface area (Å²) in [6.45, 7) is 7.65. The van der Waals surface area contributed by atoms with E-state index in [4.69, 9.17) is 9.47 Å². The van der Waals surface area contributed by atoms with Gasteiger partial charge in [0.25, 0.3) is 5.91 Å². The van der Waals surface area contributed by atoms with Crippen LogP contribution in [0.25, 0.3) is 0 Å². The van der Waals surface area contributed by atoms with Gasteiger partial charge in [0.15, 0.2) is 6.61 Å². The van der Waals surface area contributed by atoms with Gasteiger partial charge in [-0.1, -0.05) is 18.2 Å². The second-order valence-corrected chi connectivity index (χ2v) is 6.39. The van der Waals surface area contributed by atoms with Crippen LogP contribution >= 0.6 is 0 Å². The molecule has 1 saturated heterocycles. The Morgan fingerprint density at radius 2 is 2.04 bits per heavy atom. The molecule has 1 aromatic carbocycles. The zero-order chi connectivity index (χ0) is 18.4. The van der Waals surface area contributed by atoms with Gasteiger partial charge in [-0.2, -0.15) is 0 Å². The highest BCUT2D eigenvalue weighted by molar-refractivity contribution is 5.77. The van der Waals surface area contributed by atoms with Crippen LogP contribution in [0.2, 0.25) is 0 Å². The maximum atomic E-state index is 12.0. The van der Waals surface area contributed by atoms with Crippen LogP contribution in [0, 0.1) is 13.8 Å². The number of nitrogens with one attached hydrogen (secondary N) is 1. The number of pyridine rings is 1. The molecular formula is C20H25N3O3. The molecule has 0 aliphatic carbocycles. The molecule has 0 unspecified atom stereocenters. The molecule has 6 nitrogen and oxygen atoms in total. The quantitative estimate of drug-likeness (QED) is 0.861. The number of aromatic nitrogens is 1. The number of ether oxygens (including phenoxy) is 2. The van der Waals surface area contributed by atoms with Crippen LogP contribution in [-0.2, 0) is 16.1 Å². The van der Waals surface area contributed by atoms with Crippen molar-refractivity contribution in [2.45, 2.75) is 20.4 Å². The highest BCUT2D eigenvalue weighted by atomic mass is 16.5. The van der Waals surface area contributed by atoms with Crippen molar-refractivity contribution >= 4 is 11.7 Å². The number of aryl methyl sites for hydroxylation is 1. The molecule has 2 heterocycles. The lowest BCUT2D eigenvalue weighted by Gasteiger charge is -2.27. The van der Waals surface area contributed by atoms with Gasteiger partial charge in [0.1, 0.15) is 11.6 Å². The molecule has 1 N–H and O–H groups in total. The Morgan fingerprint density at radius 3 is 2.77 bits per heavy atom. The van der Waals surface area contributed by atoms with E-state index >= 15 is 0 Å². The molecular weight excluding hydrogens is 330 g/mol. The molecule has 6 heteroatoms. The third kappa shape index (κ3) is 4.73. The van der Waals surface area contributed by atoms with Crippen LogP contribution in [0.3, 0.4) is 0 Å². The lowest BCUT2D eigenvalue weighted by molar-refractivity contribution is -0.123. The number of carbonyl (C=O) groups is 1. The predicted octanol–water partition coefficient (Wildman–Crippen LogP) is 2.23. The number of amides is 1. The van der Waals surface area contributed by atoms with E-state index in [-0.39, 0.29) is 12.5 Å². The van der Waals surface area contributed by atoms with Crippen LogP contribution in [0.1, 0.15) is 16.7 Å². The van der Waals surface area contributed by atoms with E-state index in [0.29, 0.717) is 6.54 Å². The lowest BCUT2D eigenvalue weighted by atomic mass is 10.1. The highest BCUT2D eigenvalue weighted by Gasteiger charge is 2.12. The fraction of sp³-hybridized carbons (Fsp3) is 0.400. The summed E-state index contributed by atoms with van der Waals surface area (Å²) in [5, 5.41) is 2.86. The molecule has 3 rings (SSSR count). The molecule has 0 spiro atoms. The zero-order valence-corrected chi connectivity index (χ0v) is 15.3. The minimum Gasteiger partial charge on any atom is -0.483 e. The van der Waals surface area contributed by atoms with E-state index in [1.807, 2.05) is 44.2 Å². The van der Waals surface area contributed by atoms with Gasteiger partial charge < -0.3 is 19.7 Å². The summed E-state index contributed by atoms with van der Waals surface area (Å²) >= 11 is 0. The molecule has 1 aliphatic heterocycles. The van der Waals surface area contributed by atoms with Crippen molar-refractivity contribution in [3.8, 4) is 5.75 Å². The van der Waals surface area contributed by atoms with Crippen molar-refractivity contribution in [3.63, 3.8) is 0 Å². The molecule has 2 aromatic rings. The van der Waals surface area contributed by atoms with Gasteiger partial charge in [-0.05, 0) is 42.7 Å². The van der Waals surface area contributed by atoms with Crippen LogP contribution < -0.4 is 15.0 Å². The summed E-state index contributed by atoms with van der Waals surface area (Å²) in [7, 11) is 0. The van der Waals surface area contributed by atoms with Gasteiger partial charge in [0, 0.05) is 25.8 Å². The number of nitrogens with zero attached hydrogens (tertiary/aromatic N) is 2. The van der Waals surface area contributed by atoms with Crippen molar-refractivity contribution in [1.82, 2.24) is 10.3 Å². The molecule has 0 radical (unpaired) electrons. The van der Waals surface area contributed by atoms with Gasteiger partial charge in [-0.3, -0.25) is 4.79 Å². The SMILES string of the molecule is Cc1cccc(OCC(=O)NCc2ccc(N3CCOCC3)nc2)c1C. The lowest BCUT2D eigenvalue weighted by Crippen LogP contribution is -2.36. The first-order valence-corrected chi connectivity index (χ1v) is 8.87. The summed E-state index contributed by atoms with van der Waals surface area (Å²) in [6, 6.07) is 9.81. The number of carbonyl (C=O) groups excluding carboxylic acids is 1. The number of hydrogen-bond donors (Lipinski definition) is 1. The van der Waals surface area contributed by atoms with E-state index in [9.17, 15) is 4.79 Å². The molecule has 138 valence electrons. The second kappa shape index (κ2) is 8.67. The second-order valence-electron chi connectivity index (χ2n) is 6.39. The maximum absolute atomic E-state index is 12.0. The minimum absolute atomic E-state index is 0.00355. The fourth-order valence-corrected chi connectivity index (χ4v) is 2.78. The van der Waals surface area contributed by atoms with Gasteiger partial charge in [0.05, 0.1) is 13.2 Å². The Labute approximate surface area is 154 Å². The number of anilines is 1. The van der Waals surface area contributed by atoms with Gasteiger partial charge in [0.2, 0.25) is 0 Å². The summed E-state index contributed by atoms with van der Waals surface area (Å²) in [6.07, 6.45) is 1.80. The average Bonchev–Trinajstić information content (AvgIpc) is 2.68. The molecule has 0 atom stereocenters. The number of benzene rings is 1. The topological polar surface area (TPSA) is 63.7 Å². The van der Waals surface area contributed by atoms with Crippen LogP contribution in [0.15, 0.2) is 36.5 Å². The van der Waals surface area contributed by atoms with Crippen molar-refractivity contribution in [2.24, 2.45) is 0 Å².